The quantitative estimate of drug-likeness (QED) is 0.808. The SMILES string of the molecule is CC1=NC(C)=C(C#N)C(c2ccc(C(C)C)cc2)C1C#N. The maximum absolute atomic E-state index is 9.47. The van der Waals surface area contributed by atoms with Crippen LogP contribution in [-0.4, -0.2) is 5.71 Å². The Hall–Kier alpha value is -2.39. The molecule has 1 aliphatic rings. The third-order valence-electron chi connectivity index (χ3n) is 4.05. The Bertz CT molecular complexity index is 679. The maximum atomic E-state index is 9.47. The second kappa shape index (κ2) is 5.94. The highest BCUT2D eigenvalue weighted by atomic mass is 14.8. The predicted molar refractivity (Wildman–Crippen MR) is 83.8 cm³/mol. The first-order valence-corrected chi connectivity index (χ1v) is 7.15. The predicted octanol–water partition coefficient (Wildman–Crippen LogP) is 4.31. The zero-order valence-corrected chi connectivity index (χ0v) is 12.9. The van der Waals surface area contributed by atoms with Gasteiger partial charge in [0.15, 0.2) is 0 Å². The molecule has 2 atom stereocenters. The van der Waals surface area contributed by atoms with Gasteiger partial charge in [-0.3, -0.25) is 4.99 Å². The van der Waals surface area contributed by atoms with Crippen molar-refractivity contribution in [2.75, 3.05) is 0 Å². The molecule has 1 aliphatic heterocycles. The molecule has 0 aliphatic carbocycles. The lowest BCUT2D eigenvalue weighted by atomic mass is 9.76. The molecule has 0 aromatic heterocycles. The summed E-state index contributed by atoms with van der Waals surface area (Å²) < 4.78 is 0. The van der Waals surface area contributed by atoms with Crippen molar-refractivity contribution in [3.63, 3.8) is 0 Å². The van der Waals surface area contributed by atoms with Crippen LogP contribution in [0.5, 0.6) is 0 Å². The average molecular weight is 277 g/mol. The van der Waals surface area contributed by atoms with Crippen LogP contribution in [0.4, 0.5) is 0 Å². The molecule has 1 aromatic rings. The molecule has 1 aromatic carbocycles. The van der Waals surface area contributed by atoms with Gasteiger partial charge in [0.25, 0.3) is 0 Å². The van der Waals surface area contributed by atoms with Crippen molar-refractivity contribution in [3.05, 3.63) is 46.7 Å². The van der Waals surface area contributed by atoms with Crippen molar-refractivity contribution < 1.29 is 0 Å². The van der Waals surface area contributed by atoms with Crippen LogP contribution < -0.4 is 0 Å². The lowest BCUT2D eigenvalue weighted by Crippen LogP contribution is -2.24. The summed E-state index contributed by atoms with van der Waals surface area (Å²) in [6.45, 7) is 8.00. The summed E-state index contributed by atoms with van der Waals surface area (Å²) in [5.74, 6) is -0.111. The maximum Gasteiger partial charge on any atom is 0.0973 e. The van der Waals surface area contributed by atoms with Crippen LogP contribution >= 0.6 is 0 Å². The van der Waals surface area contributed by atoms with E-state index in [1.165, 1.54) is 5.56 Å². The standard InChI is InChI=1S/C18H19N3/c1-11(2)14-5-7-15(8-6-14)18-16(9-19)12(3)21-13(4)17(18)10-20/h5-8,11,16,18H,1-4H3. The number of nitriles is 2. The van der Waals surface area contributed by atoms with E-state index in [4.69, 9.17) is 0 Å². The fourth-order valence-electron chi connectivity index (χ4n) is 2.79. The Morgan fingerprint density at radius 1 is 1.10 bits per heavy atom. The number of allylic oxidation sites excluding steroid dienone is 2. The van der Waals surface area contributed by atoms with Gasteiger partial charge in [-0.15, -0.1) is 0 Å². The highest BCUT2D eigenvalue weighted by molar-refractivity contribution is 5.90. The Kier molecular flexibility index (Phi) is 4.24. The summed E-state index contributed by atoms with van der Waals surface area (Å²) in [6.07, 6.45) is 0. The van der Waals surface area contributed by atoms with Crippen LogP contribution in [-0.2, 0) is 0 Å². The summed E-state index contributed by atoms with van der Waals surface area (Å²) >= 11 is 0. The molecule has 1 heterocycles. The minimum atomic E-state index is -0.367. The van der Waals surface area contributed by atoms with E-state index in [9.17, 15) is 10.5 Å². The Morgan fingerprint density at radius 2 is 1.71 bits per heavy atom. The molecule has 106 valence electrons. The van der Waals surface area contributed by atoms with E-state index in [0.29, 0.717) is 11.5 Å². The Balaban J connectivity index is 2.51. The van der Waals surface area contributed by atoms with Gasteiger partial charge in [0.2, 0.25) is 0 Å². The van der Waals surface area contributed by atoms with E-state index in [-0.39, 0.29) is 11.8 Å². The summed E-state index contributed by atoms with van der Waals surface area (Å²) in [4.78, 5) is 4.36. The Morgan fingerprint density at radius 3 is 2.19 bits per heavy atom. The third-order valence-corrected chi connectivity index (χ3v) is 4.05. The van der Waals surface area contributed by atoms with Gasteiger partial charge in [-0.2, -0.15) is 10.5 Å². The summed E-state index contributed by atoms with van der Waals surface area (Å²) in [5, 5.41) is 18.9. The topological polar surface area (TPSA) is 59.9 Å². The molecule has 2 unspecified atom stereocenters. The van der Waals surface area contributed by atoms with E-state index >= 15 is 0 Å². The molecule has 0 N–H and O–H groups in total. The van der Waals surface area contributed by atoms with Crippen molar-refractivity contribution in [1.82, 2.24) is 0 Å². The van der Waals surface area contributed by atoms with Gasteiger partial charge < -0.3 is 0 Å². The van der Waals surface area contributed by atoms with Gasteiger partial charge in [0.1, 0.15) is 0 Å². The third kappa shape index (κ3) is 2.73. The summed E-state index contributed by atoms with van der Waals surface area (Å²) in [7, 11) is 0. The van der Waals surface area contributed by atoms with E-state index in [1.807, 2.05) is 26.0 Å². The van der Waals surface area contributed by atoms with Crippen LogP contribution in [0.3, 0.4) is 0 Å². The first-order chi connectivity index (χ1) is 9.99. The number of hydrogen-bond donors (Lipinski definition) is 0. The zero-order chi connectivity index (χ0) is 15.6. The number of aliphatic imine (C=N–C) groups is 1. The molecule has 0 amide bonds. The van der Waals surface area contributed by atoms with Crippen LogP contribution in [0.2, 0.25) is 0 Å². The summed E-state index contributed by atoms with van der Waals surface area (Å²) in [5.41, 5.74) is 4.37. The number of hydrogen-bond acceptors (Lipinski definition) is 3. The second-order valence-electron chi connectivity index (χ2n) is 5.77. The summed E-state index contributed by atoms with van der Waals surface area (Å²) in [6, 6.07) is 12.8. The lowest BCUT2D eigenvalue weighted by Gasteiger charge is -2.27. The molecule has 21 heavy (non-hydrogen) atoms. The first-order valence-electron chi connectivity index (χ1n) is 7.15. The fourth-order valence-corrected chi connectivity index (χ4v) is 2.79. The molecule has 3 heteroatoms. The molecule has 0 radical (unpaired) electrons. The van der Waals surface area contributed by atoms with Crippen LogP contribution in [0.25, 0.3) is 0 Å². The lowest BCUT2D eigenvalue weighted by molar-refractivity contribution is 0.702. The molecular weight excluding hydrogens is 258 g/mol. The van der Waals surface area contributed by atoms with Gasteiger partial charge in [0, 0.05) is 11.6 Å². The van der Waals surface area contributed by atoms with Gasteiger partial charge in [-0.1, -0.05) is 38.1 Å². The average Bonchev–Trinajstić information content (AvgIpc) is 2.46. The molecule has 0 bridgehead atoms. The van der Waals surface area contributed by atoms with E-state index < -0.39 is 0 Å². The highest BCUT2D eigenvalue weighted by Gasteiger charge is 2.33. The van der Waals surface area contributed by atoms with E-state index in [2.05, 4.69) is 43.1 Å². The van der Waals surface area contributed by atoms with E-state index in [0.717, 1.165) is 17.0 Å². The minimum Gasteiger partial charge on any atom is -0.260 e. The van der Waals surface area contributed by atoms with E-state index in [1.54, 1.807) is 0 Å². The fraction of sp³-hybridized carbons (Fsp3) is 0.389. The largest absolute Gasteiger partial charge is 0.260 e. The minimum absolute atomic E-state index is 0.210. The molecule has 0 spiro atoms. The molecule has 0 saturated carbocycles. The number of benzene rings is 1. The second-order valence-corrected chi connectivity index (χ2v) is 5.77. The van der Waals surface area contributed by atoms with Crippen molar-refractivity contribution in [2.24, 2.45) is 10.9 Å². The van der Waals surface area contributed by atoms with Gasteiger partial charge in [-0.25, -0.2) is 0 Å². The highest BCUT2D eigenvalue weighted by Crippen LogP contribution is 2.38. The first kappa shape index (κ1) is 15.0. The van der Waals surface area contributed by atoms with Gasteiger partial charge >= 0.3 is 0 Å². The van der Waals surface area contributed by atoms with Crippen molar-refractivity contribution in [1.29, 1.82) is 10.5 Å². The number of nitrogens with zero attached hydrogens (tertiary/aromatic N) is 3. The van der Waals surface area contributed by atoms with Crippen molar-refractivity contribution in [2.45, 2.75) is 39.5 Å². The molecule has 3 nitrogen and oxygen atoms in total. The Labute approximate surface area is 126 Å². The molecule has 2 rings (SSSR count). The smallest absolute Gasteiger partial charge is 0.0973 e. The van der Waals surface area contributed by atoms with Gasteiger partial charge in [0.05, 0.1) is 29.3 Å². The zero-order valence-electron chi connectivity index (χ0n) is 12.9. The van der Waals surface area contributed by atoms with Gasteiger partial charge in [-0.05, 0) is 30.9 Å². The number of rotatable bonds is 2. The van der Waals surface area contributed by atoms with Crippen LogP contribution in [0.1, 0.15) is 50.7 Å². The van der Waals surface area contributed by atoms with Crippen molar-refractivity contribution in [3.8, 4) is 12.1 Å². The molecule has 0 fully saturated rings. The monoisotopic (exact) mass is 277 g/mol. The van der Waals surface area contributed by atoms with Crippen LogP contribution in [0, 0.1) is 28.6 Å². The van der Waals surface area contributed by atoms with Crippen LogP contribution in [0.15, 0.2) is 40.5 Å². The molecular formula is C18H19N3. The normalized spacial score (nSPS) is 21.8. The molecule has 0 saturated heterocycles. The van der Waals surface area contributed by atoms with Crippen molar-refractivity contribution >= 4 is 5.71 Å².